The first-order valence-electron chi connectivity index (χ1n) is 11.4. The third-order valence-corrected chi connectivity index (χ3v) is 6.63. The number of fused-ring (bicyclic) bond motifs is 1. The Labute approximate surface area is 201 Å². The highest BCUT2D eigenvalue weighted by Crippen LogP contribution is 2.46. The van der Waals surface area contributed by atoms with Crippen molar-refractivity contribution in [2.45, 2.75) is 57.3 Å². The summed E-state index contributed by atoms with van der Waals surface area (Å²) < 4.78 is 9.99. The molecule has 180 valence electrons. The third kappa shape index (κ3) is 5.22. The molecular formula is C28H33NO5. The zero-order valence-electron chi connectivity index (χ0n) is 20.6. The second-order valence-electron chi connectivity index (χ2n) is 9.98. The van der Waals surface area contributed by atoms with Crippen LogP contribution in [0.2, 0.25) is 0 Å². The molecule has 0 bridgehead atoms. The van der Waals surface area contributed by atoms with E-state index in [1.807, 2.05) is 18.2 Å². The Hall–Kier alpha value is -3.41. The molecule has 1 unspecified atom stereocenters. The van der Waals surface area contributed by atoms with Gasteiger partial charge in [-0.1, -0.05) is 58.5 Å². The van der Waals surface area contributed by atoms with Gasteiger partial charge in [0.05, 0.1) is 12.7 Å². The van der Waals surface area contributed by atoms with Gasteiger partial charge in [0.1, 0.15) is 6.61 Å². The number of nitrogens with one attached hydrogen (secondary N) is 1. The number of carbonyl (C=O) groups excluding carboxylic acids is 3. The fourth-order valence-corrected chi connectivity index (χ4v) is 4.42. The Kier molecular flexibility index (Phi) is 7.29. The van der Waals surface area contributed by atoms with Gasteiger partial charge in [0.15, 0.2) is 5.92 Å². The average molecular weight is 464 g/mol. The summed E-state index contributed by atoms with van der Waals surface area (Å²) in [6.07, 6.45) is 3.58. The van der Waals surface area contributed by atoms with Crippen LogP contribution >= 0.6 is 0 Å². The molecule has 0 spiro atoms. The van der Waals surface area contributed by atoms with E-state index in [0.29, 0.717) is 16.8 Å². The number of anilines is 1. The van der Waals surface area contributed by atoms with Gasteiger partial charge >= 0.3 is 11.9 Å². The van der Waals surface area contributed by atoms with E-state index in [9.17, 15) is 14.4 Å². The van der Waals surface area contributed by atoms with Crippen molar-refractivity contribution in [1.82, 2.24) is 0 Å². The molecule has 0 fully saturated rings. The molecule has 2 aromatic carbocycles. The summed E-state index contributed by atoms with van der Waals surface area (Å²) in [4.78, 5) is 37.9. The van der Waals surface area contributed by atoms with Crippen molar-refractivity contribution in [3.8, 4) is 0 Å². The van der Waals surface area contributed by atoms with Crippen LogP contribution in [0.3, 0.4) is 0 Å². The van der Waals surface area contributed by atoms with Gasteiger partial charge in [0.25, 0.3) is 0 Å². The lowest BCUT2D eigenvalue weighted by molar-refractivity contribution is -0.145. The number of hydrogen-bond acceptors (Lipinski definition) is 5. The molecule has 1 aliphatic carbocycles. The van der Waals surface area contributed by atoms with E-state index in [1.165, 1.54) is 18.7 Å². The molecule has 0 aromatic heterocycles. The molecule has 0 aliphatic heterocycles. The molecule has 0 saturated carbocycles. The minimum atomic E-state index is -1.12. The molecule has 1 amide bonds. The molecule has 6 nitrogen and oxygen atoms in total. The average Bonchev–Trinajstić information content (AvgIpc) is 2.81. The molecule has 3 rings (SSSR count). The maximum Gasteiger partial charge on any atom is 0.338 e. The molecule has 2 aromatic rings. The Morgan fingerprint density at radius 1 is 1.00 bits per heavy atom. The van der Waals surface area contributed by atoms with Gasteiger partial charge < -0.3 is 14.8 Å². The van der Waals surface area contributed by atoms with Crippen molar-refractivity contribution in [2.24, 2.45) is 0 Å². The SMILES string of the molecule is C=CCOC(=O)c1ccc(NC(=O)C(C(=O)OC)c2ccc3c(c2)C(C)(C)CCC3(C)C)cc1. The van der Waals surface area contributed by atoms with Crippen LogP contribution in [0.4, 0.5) is 5.69 Å². The van der Waals surface area contributed by atoms with Gasteiger partial charge in [-0.3, -0.25) is 9.59 Å². The quantitative estimate of drug-likeness (QED) is 0.343. The Morgan fingerprint density at radius 3 is 2.21 bits per heavy atom. The number of carbonyl (C=O) groups is 3. The highest BCUT2D eigenvalue weighted by Gasteiger charge is 2.39. The molecule has 34 heavy (non-hydrogen) atoms. The van der Waals surface area contributed by atoms with Crippen molar-refractivity contribution in [1.29, 1.82) is 0 Å². The fraction of sp³-hybridized carbons (Fsp3) is 0.393. The van der Waals surface area contributed by atoms with Gasteiger partial charge in [-0.25, -0.2) is 4.79 Å². The van der Waals surface area contributed by atoms with Gasteiger partial charge in [-0.2, -0.15) is 0 Å². The minimum absolute atomic E-state index is 0.0287. The monoisotopic (exact) mass is 463 g/mol. The van der Waals surface area contributed by atoms with Crippen molar-refractivity contribution in [3.05, 3.63) is 77.4 Å². The molecule has 6 heteroatoms. The molecule has 0 saturated heterocycles. The standard InChI is InChI=1S/C28H33NO5/c1-7-16-34-25(31)18-8-11-20(12-9-18)29-24(30)23(26(32)33-6)19-10-13-21-22(17-19)28(4,5)15-14-27(21,2)3/h7-13,17,23H,1,14-16H2,2-6H3,(H,29,30). The van der Waals surface area contributed by atoms with E-state index < -0.39 is 23.8 Å². The second-order valence-corrected chi connectivity index (χ2v) is 9.98. The first kappa shape index (κ1) is 25.2. The Morgan fingerprint density at radius 2 is 1.62 bits per heavy atom. The predicted molar refractivity (Wildman–Crippen MR) is 132 cm³/mol. The number of methoxy groups -OCH3 is 1. The van der Waals surface area contributed by atoms with Gasteiger partial charge in [0, 0.05) is 5.69 Å². The smallest absolute Gasteiger partial charge is 0.338 e. The number of benzene rings is 2. The third-order valence-electron chi connectivity index (χ3n) is 6.63. The Balaban J connectivity index is 1.88. The summed E-state index contributed by atoms with van der Waals surface area (Å²) in [5.41, 5.74) is 3.77. The van der Waals surface area contributed by atoms with E-state index in [1.54, 1.807) is 24.3 Å². The van der Waals surface area contributed by atoms with Crippen molar-refractivity contribution in [3.63, 3.8) is 0 Å². The van der Waals surface area contributed by atoms with E-state index in [0.717, 1.165) is 18.4 Å². The predicted octanol–water partition coefficient (Wildman–Crippen LogP) is 5.27. The summed E-state index contributed by atoms with van der Waals surface area (Å²) >= 11 is 0. The van der Waals surface area contributed by atoms with E-state index in [2.05, 4.69) is 39.6 Å². The highest BCUT2D eigenvalue weighted by atomic mass is 16.5. The lowest BCUT2D eigenvalue weighted by Gasteiger charge is -2.42. The van der Waals surface area contributed by atoms with Crippen LogP contribution in [0.25, 0.3) is 0 Å². The van der Waals surface area contributed by atoms with Crippen LogP contribution in [0.5, 0.6) is 0 Å². The van der Waals surface area contributed by atoms with Crippen LogP contribution in [-0.4, -0.2) is 31.6 Å². The molecule has 1 atom stereocenters. The van der Waals surface area contributed by atoms with Crippen molar-refractivity contribution in [2.75, 3.05) is 19.0 Å². The molecule has 0 radical (unpaired) electrons. The van der Waals surface area contributed by atoms with Gasteiger partial charge in [-0.05, 0) is 64.6 Å². The van der Waals surface area contributed by atoms with Crippen LogP contribution in [-0.2, 0) is 29.9 Å². The van der Waals surface area contributed by atoms with Crippen LogP contribution < -0.4 is 5.32 Å². The summed E-state index contributed by atoms with van der Waals surface area (Å²) in [5, 5.41) is 2.77. The van der Waals surface area contributed by atoms with E-state index >= 15 is 0 Å². The number of esters is 2. The normalized spacial score (nSPS) is 16.5. The largest absolute Gasteiger partial charge is 0.468 e. The lowest BCUT2D eigenvalue weighted by atomic mass is 9.62. The minimum Gasteiger partial charge on any atom is -0.468 e. The van der Waals surface area contributed by atoms with Crippen LogP contribution in [0.1, 0.15) is 73.5 Å². The number of rotatable bonds is 7. The first-order chi connectivity index (χ1) is 16.0. The molecule has 0 heterocycles. The van der Waals surface area contributed by atoms with E-state index in [4.69, 9.17) is 9.47 Å². The molecule has 1 N–H and O–H groups in total. The zero-order chi connectivity index (χ0) is 25.1. The molecular weight excluding hydrogens is 430 g/mol. The first-order valence-corrected chi connectivity index (χ1v) is 11.4. The summed E-state index contributed by atoms with van der Waals surface area (Å²) in [6.45, 7) is 12.5. The fourth-order valence-electron chi connectivity index (χ4n) is 4.42. The number of hydrogen-bond donors (Lipinski definition) is 1. The maximum atomic E-state index is 13.2. The number of ether oxygens (including phenoxy) is 2. The highest BCUT2D eigenvalue weighted by molar-refractivity contribution is 6.09. The molecule has 1 aliphatic rings. The second kappa shape index (κ2) is 9.84. The van der Waals surface area contributed by atoms with Crippen molar-refractivity contribution >= 4 is 23.5 Å². The topological polar surface area (TPSA) is 81.7 Å². The summed E-state index contributed by atoms with van der Waals surface area (Å²) in [6, 6.07) is 12.2. The van der Waals surface area contributed by atoms with Gasteiger partial charge in [-0.15, -0.1) is 0 Å². The van der Waals surface area contributed by atoms with Crippen LogP contribution in [0.15, 0.2) is 55.1 Å². The summed E-state index contributed by atoms with van der Waals surface area (Å²) in [7, 11) is 1.28. The zero-order valence-corrected chi connectivity index (χ0v) is 20.6. The lowest BCUT2D eigenvalue weighted by Crippen LogP contribution is -2.35. The maximum absolute atomic E-state index is 13.2. The summed E-state index contributed by atoms with van der Waals surface area (Å²) in [5.74, 6) is -2.73. The van der Waals surface area contributed by atoms with E-state index in [-0.39, 0.29) is 17.4 Å². The number of amides is 1. The van der Waals surface area contributed by atoms with Crippen LogP contribution in [0, 0.1) is 0 Å². The van der Waals surface area contributed by atoms with Crippen molar-refractivity contribution < 1.29 is 23.9 Å². The van der Waals surface area contributed by atoms with Gasteiger partial charge in [0.2, 0.25) is 5.91 Å². The Bertz CT molecular complexity index is 1100.